The summed E-state index contributed by atoms with van der Waals surface area (Å²) >= 11 is 0. The van der Waals surface area contributed by atoms with Crippen molar-refractivity contribution in [2.24, 2.45) is 5.92 Å². The Hall–Kier alpha value is -4.52. The van der Waals surface area contributed by atoms with Crippen molar-refractivity contribution in [3.05, 3.63) is 76.8 Å². The summed E-state index contributed by atoms with van der Waals surface area (Å²) in [4.78, 5) is 40.7. The molecule has 1 amide bonds. The molecule has 2 unspecified atom stereocenters. The quantitative estimate of drug-likeness (QED) is 0.656. The third-order valence-electron chi connectivity index (χ3n) is 6.14. The lowest BCUT2D eigenvalue weighted by atomic mass is 9.64. The molecule has 0 bridgehead atoms. The third-order valence-corrected chi connectivity index (χ3v) is 6.14. The van der Waals surface area contributed by atoms with Crippen LogP contribution in [-0.4, -0.2) is 38.0 Å². The van der Waals surface area contributed by atoms with Crippen molar-refractivity contribution in [1.29, 1.82) is 10.7 Å². The van der Waals surface area contributed by atoms with Crippen LogP contribution in [0, 0.1) is 28.5 Å². The monoisotopic (exact) mass is 477 g/mol. The van der Waals surface area contributed by atoms with Crippen molar-refractivity contribution in [3.8, 4) is 6.07 Å². The molecule has 0 radical (unpaired) electrons. The van der Waals surface area contributed by atoms with Crippen LogP contribution in [-0.2, 0) is 40.6 Å². The van der Waals surface area contributed by atoms with E-state index in [0.29, 0.717) is 5.69 Å². The largest absolute Gasteiger partial charge is 0.469 e. The van der Waals surface area contributed by atoms with Gasteiger partial charge < -0.3 is 19.1 Å². The van der Waals surface area contributed by atoms with E-state index in [9.17, 15) is 24.0 Å². The number of anilines is 1. The standard InChI is InChI=1S/C25H20FN3O6/c1-33-20(30)11-19-21(23(31)34-2)25(16(12-27)22(28)35-19)15-8-4-6-10-18(15)29(24(25)32)13-14-7-3-5-9-17(14)26/h3-10,16,28H,11,13H2,1-2H3. The van der Waals surface area contributed by atoms with Crippen molar-refractivity contribution in [2.75, 3.05) is 19.1 Å². The zero-order valence-corrected chi connectivity index (χ0v) is 18.8. The van der Waals surface area contributed by atoms with Crippen LogP contribution in [0.5, 0.6) is 0 Å². The fourth-order valence-corrected chi connectivity index (χ4v) is 4.62. The number of carbonyl (C=O) groups is 3. The molecule has 0 aromatic heterocycles. The Labute approximate surface area is 199 Å². The second kappa shape index (κ2) is 9.02. The molecule has 9 nitrogen and oxygen atoms in total. The summed E-state index contributed by atoms with van der Waals surface area (Å²) < 4.78 is 29.6. The Morgan fingerprint density at radius 3 is 2.51 bits per heavy atom. The number of benzene rings is 2. The molecule has 10 heteroatoms. The van der Waals surface area contributed by atoms with Crippen molar-refractivity contribution < 1.29 is 33.0 Å². The lowest BCUT2D eigenvalue weighted by Gasteiger charge is -2.38. The highest BCUT2D eigenvalue weighted by atomic mass is 19.1. The smallest absolute Gasteiger partial charge is 0.338 e. The Morgan fingerprint density at radius 1 is 1.17 bits per heavy atom. The van der Waals surface area contributed by atoms with Gasteiger partial charge in [-0.1, -0.05) is 36.4 Å². The zero-order chi connectivity index (χ0) is 25.3. The number of nitrogens with zero attached hydrogens (tertiary/aromatic N) is 2. The highest BCUT2D eigenvalue weighted by Crippen LogP contribution is 2.55. The van der Waals surface area contributed by atoms with Crippen molar-refractivity contribution in [1.82, 2.24) is 0 Å². The normalized spacial score (nSPS) is 20.9. The van der Waals surface area contributed by atoms with Gasteiger partial charge in [-0.2, -0.15) is 5.26 Å². The number of fused-ring (bicyclic) bond motifs is 2. The molecule has 0 fully saturated rings. The number of halogens is 1. The molecule has 1 spiro atoms. The maximum Gasteiger partial charge on any atom is 0.338 e. The Bertz CT molecular complexity index is 1330. The maximum absolute atomic E-state index is 14.5. The van der Waals surface area contributed by atoms with Crippen LogP contribution in [0.15, 0.2) is 59.9 Å². The summed E-state index contributed by atoms with van der Waals surface area (Å²) in [5.74, 6) is -5.58. The topological polar surface area (TPSA) is 130 Å². The minimum absolute atomic E-state index is 0.197. The second-order valence-electron chi connectivity index (χ2n) is 7.88. The summed E-state index contributed by atoms with van der Waals surface area (Å²) in [5.41, 5.74) is -1.65. The molecule has 0 aliphatic carbocycles. The van der Waals surface area contributed by atoms with Gasteiger partial charge >= 0.3 is 11.9 Å². The molecular weight excluding hydrogens is 457 g/mol. The number of rotatable bonds is 5. The van der Waals surface area contributed by atoms with E-state index >= 15 is 0 Å². The van der Waals surface area contributed by atoms with Crippen LogP contribution in [0.3, 0.4) is 0 Å². The van der Waals surface area contributed by atoms with Crippen LogP contribution in [0.25, 0.3) is 0 Å². The van der Waals surface area contributed by atoms with E-state index in [1.165, 1.54) is 23.1 Å². The fourth-order valence-electron chi connectivity index (χ4n) is 4.62. The molecular formula is C25H20FN3O6. The van der Waals surface area contributed by atoms with Crippen LogP contribution in [0.1, 0.15) is 17.5 Å². The van der Waals surface area contributed by atoms with E-state index in [1.54, 1.807) is 30.3 Å². The highest BCUT2D eigenvalue weighted by molar-refractivity contribution is 6.19. The minimum atomic E-state index is -2.05. The molecule has 35 heavy (non-hydrogen) atoms. The molecule has 2 aromatic carbocycles. The number of esters is 2. The van der Waals surface area contributed by atoms with E-state index in [4.69, 9.17) is 14.9 Å². The van der Waals surface area contributed by atoms with Crippen molar-refractivity contribution in [2.45, 2.75) is 18.4 Å². The first kappa shape index (κ1) is 23.6. The van der Waals surface area contributed by atoms with E-state index in [1.807, 2.05) is 6.07 Å². The predicted octanol–water partition coefficient (Wildman–Crippen LogP) is 2.75. The van der Waals surface area contributed by atoms with E-state index in [0.717, 1.165) is 14.2 Å². The van der Waals surface area contributed by atoms with Gasteiger partial charge in [0.15, 0.2) is 0 Å². The van der Waals surface area contributed by atoms with Gasteiger partial charge in [-0.15, -0.1) is 0 Å². The summed E-state index contributed by atoms with van der Waals surface area (Å²) in [6, 6.07) is 14.3. The van der Waals surface area contributed by atoms with Crippen LogP contribution in [0.2, 0.25) is 0 Å². The van der Waals surface area contributed by atoms with Gasteiger partial charge in [-0.05, 0) is 17.7 Å². The van der Waals surface area contributed by atoms with Crippen molar-refractivity contribution >= 4 is 29.4 Å². The lowest BCUT2D eigenvalue weighted by Crippen LogP contribution is -2.54. The number of hydrogen-bond donors (Lipinski definition) is 1. The van der Waals surface area contributed by atoms with Gasteiger partial charge in [0.25, 0.3) is 0 Å². The number of nitrogens with one attached hydrogen (secondary N) is 1. The average molecular weight is 477 g/mol. The van der Waals surface area contributed by atoms with Gasteiger partial charge in [0.1, 0.15) is 29.3 Å². The Kier molecular flexibility index (Phi) is 6.09. The minimum Gasteiger partial charge on any atom is -0.469 e. The lowest BCUT2D eigenvalue weighted by molar-refractivity contribution is -0.141. The number of para-hydroxylation sites is 1. The van der Waals surface area contributed by atoms with E-state index < -0.39 is 47.3 Å². The zero-order valence-electron chi connectivity index (χ0n) is 18.8. The predicted molar refractivity (Wildman–Crippen MR) is 119 cm³/mol. The third kappa shape index (κ3) is 3.52. The number of carbonyl (C=O) groups excluding carboxylic acids is 3. The Balaban J connectivity index is 2.02. The molecule has 4 rings (SSSR count). The van der Waals surface area contributed by atoms with E-state index in [-0.39, 0.29) is 29.0 Å². The number of ether oxygens (including phenoxy) is 3. The number of hydrogen-bond acceptors (Lipinski definition) is 8. The van der Waals surface area contributed by atoms with Crippen LogP contribution < -0.4 is 4.90 Å². The molecule has 2 atom stereocenters. The van der Waals surface area contributed by atoms with Crippen LogP contribution >= 0.6 is 0 Å². The van der Waals surface area contributed by atoms with E-state index in [2.05, 4.69) is 4.74 Å². The fraction of sp³-hybridized carbons (Fsp3) is 0.240. The highest BCUT2D eigenvalue weighted by Gasteiger charge is 2.65. The molecule has 178 valence electrons. The molecule has 2 aromatic rings. The number of amides is 1. The van der Waals surface area contributed by atoms with Crippen molar-refractivity contribution in [3.63, 3.8) is 0 Å². The summed E-state index contributed by atoms with van der Waals surface area (Å²) in [6.07, 6.45) is -0.577. The first-order chi connectivity index (χ1) is 16.8. The summed E-state index contributed by atoms with van der Waals surface area (Å²) in [7, 11) is 2.22. The SMILES string of the molecule is COC(=O)CC1=C(C(=O)OC)C2(C(=O)N(Cc3ccccc3F)c3ccccc32)C(C#N)C(=N)O1. The second-order valence-corrected chi connectivity index (χ2v) is 7.88. The summed E-state index contributed by atoms with van der Waals surface area (Å²) in [6.45, 7) is -0.197. The Morgan fingerprint density at radius 2 is 1.86 bits per heavy atom. The van der Waals surface area contributed by atoms with Gasteiger partial charge in [0.2, 0.25) is 11.8 Å². The molecule has 2 heterocycles. The molecule has 0 saturated heterocycles. The first-order valence-corrected chi connectivity index (χ1v) is 10.5. The molecule has 1 N–H and O–H groups in total. The van der Waals surface area contributed by atoms with Gasteiger partial charge in [-0.25, -0.2) is 9.18 Å². The summed E-state index contributed by atoms with van der Waals surface area (Å²) in [5, 5.41) is 18.5. The first-order valence-electron chi connectivity index (χ1n) is 10.5. The molecule has 2 aliphatic heterocycles. The van der Waals surface area contributed by atoms with Gasteiger partial charge in [-0.3, -0.25) is 15.0 Å². The number of nitriles is 1. The number of methoxy groups -OCH3 is 2. The van der Waals surface area contributed by atoms with Crippen LogP contribution in [0.4, 0.5) is 10.1 Å². The maximum atomic E-state index is 14.5. The van der Waals surface area contributed by atoms with Gasteiger partial charge in [0.05, 0.1) is 32.4 Å². The van der Waals surface area contributed by atoms with Gasteiger partial charge in [0, 0.05) is 11.3 Å². The molecule has 0 saturated carbocycles. The molecule has 2 aliphatic rings. The average Bonchev–Trinajstić information content (AvgIpc) is 3.08.